The lowest BCUT2D eigenvalue weighted by atomic mass is 10.1. The predicted octanol–water partition coefficient (Wildman–Crippen LogP) is 2.49. The molecule has 0 bridgehead atoms. The van der Waals surface area contributed by atoms with Crippen LogP contribution in [0.2, 0.25) is 0 Å². The van der Waals surface area contributed by atoms with Gasteiger partial charge in [-0.3, -0.25) is 4.79 Å². The molecule has 0 radical (unpaired) electrons. The van der Waals surface area contributed by atoms with Crippen LogP contribution in [-0.4, -0.2) is 5.78 Å². The van der Waals surface area contributed by atoms with E-state index in [9.17, 15) is 4.79 Å². The van der Waals surface area contributed by atoms with Gasteiger partial charge in [-0.05, 0) is 20.8 Å². The summed E-state index contributed by atoms with van der Waals surface area (Å²) in [5.74, 6) is 0.195. The summed E-state index contributed by atoms with van der Waals surface area (Å²) in [6.07, 6.45) is 2.43. The van der Waals surface area contributed by atoms with Crippen LogP contribution >= 0.6 is 0 Å². The Bertz CT molecular complexity index is 175. The first kappa shape index (κ1) is 9.15. The fraction of sp³-hybridized carbons (Fsp3) is 0.444. The summed E-state index contributed by atoms with van der Waals surface area (Å²) in [6, 6.07) is 0. The van der Waals surface area contributed by atoms with Crippen molar-refractivity contribution < 1.29 is 4.79 Å². The molecule has 0 saturated carbocycles. The van der Waals surface area contributed by atoms with Crippen LogP contribution < -0.4 is 0 Å². The maximum atomic E-state index is 10.5. The molecule has 10 heavy (non-hydrogen) atoms. The van der Waals surface area contributed by atoms with E-state index in [-0.39, 0.29) is 5.78 Å². The van der Waals surface area contributed by atoms with Crippen molar-refractivity contribution in [1.82, 2.24) is 0 Å². The average Bonchev–Trinajstić information content (AvgIpc) is 1.82. The Labute approximate surface area is 62.4 Å². The number of hydrogen-bond acceptors (Lipinski definition) is 1. The highest BCUT2D eigenvalue weighted by molar-refractivity contribution is 5.77. The number of rotatable bonds is 3. The van der Waals surface area contributed by atoms with Crippen LogP contribution in [0.5, 0.6) is 0 Å². The summed E-state index contributed by atoms with van der Waals surface area (Å²) < 4.78 is 0. The molecular formula is C9H14O. The Morgan fingerprint density at radius 1 is 1.40 bits per heavy atom. The van der Waals surface area contributed by atoms with E-state index in [0.29, 0.717) is 6.42 Å². The van der Waals surface area contributed by atoms with Crippen molar-refractivity contribution in [3.05, 3.63) is 23.8 Å². The van der Waals surface area contributed by atoms with E-state index in [1.165, 1.54) is 0 Å². The average molecular weight is 138 g/mol. The molecule has 0 aliphatic heterocycles. The van der Waals surface area contributed by atoms with E-state index in [1.807, 2.05) is 19.9 Å². The van der Waals surface area contributed by atoms with Gasteiger partial charge in [-0.1, -0.05) is 23.8 Å². The Kier molecular flexibility index (Phi) is 3.70. The summed E-state index contributed by atoms with van der Waals surface area (Å²) in [4.78, 5) is 10.5. The second-order valence-electron chi connectivity index (χ2n) is 2.57. The molecule has 1 nitrogen and oxygen atoms in total. The van der Waals surface area contributed by atoms with Gasteiger partial charge in [0.25, 0.3) is 0 Å². The highest BCUT2D eigenvalue weighted by atomic mass is 16.1. The van der Waals surface area contributed by atoms with Crippen molar-refractivity contribution in [2.45, 2.75) is 27.2 Å². The first-order valence-electron chi connectivity index (χ1n) is 3.36. The Morgan fingerprint density at radius 2 is 1.90 bits per heavy atom. The molecular weight excluding hydrogens is 124 g/mol. The lowest BCUT2D eigenvalue weighted by molar-refractivity contribution is -0.116. The van der Waals surface area contributed by atoms with Gasteiger partial charge in [0.15, 0.2) is 0 Å². The van der Waals surface area contributed by atoms with Crippen LogP contribution in [0.25, 0.3) is 0 Å². The molecule has 56 valence electrons. The van der Waals surface area contributed by atoms with E-state index in [1.54, 1.807) is 6.92 Å². The van der Waals surface area contributed by atoms with Gasteiger partial charge in [0, 0.05) is 6.42 Å². The van der Waals surface area contributed by atoms with Gasteiger partial charge in [0.2, 0.25) is 0 Å². The number of hydrogen-bond donors (Lipinski definition) is 0. The molecule has 0 saturated heterocycles. The lowest BCUT2D eigenvalue weighted by Crippen LogP contribution is -1.86. The highest BCUT2D eigenvalue weighted by Crippen LogP contribution is 2.05. The fourth-order valence-electron chi connectivity index (χ4n) is 0.471. The van der Waals surface area contributed by atoms with E-state index in [4.69, 9.17) is 0 Å². The van der Waals surface area contributed by atoms with Crippen molar-refractivity contribution in [3.8, 4) is 0 Å². The zero-order valence-electron chi connectivity index (χ0n) is 6.90. The van der Waals surface area contributed by atoms with E-state index in [0.717, 1.165) is 11.1 Å². The quantitative estimate of drug-likeness (QED) is 0.547. The number of allylic oxidation sites excluding steroid dienone is 3. The van der Waals surface area contributed by atoms with Crippen LogP contribution in [-0.2, 0) is 4.79 Å². The minimum atomic E-state index is 0.195. The molecule has 0 fully saturated rings. The van der Waals surface area contributed by atoms with Crippen LogP contribution in [0, 0.1) is 0 Å². The van der Waals surface area contributed by atoms with Gasteiger partial charge in [0.05, 0.1) is 0 Å². The predicted molar refractivity (Wildman–Crippen MR) is 43.9 cm³/mol. The zero-order valence-corrected chi connectivity index (χ0v) is 6.90. The number of carbonyl (C=O) groups is 1. The third-order valence-electron chi connectivity index (χ3n) is 1.37. The van der Waals surface area contributed by atoms with Gasteiger partial charge >= 0.3 is 0 Å². The molecule has 0 unspecified atom stereocenters. The van der Waals surface area contributed by atoms with Crippen molar-refractivity contribution >= 4 is 5.78 Å². The number of carbonyl (C=O) groups excluding carboxylic acids is 1. The monoisotopic (exact) mass is 138 g/mol. The van der Waals surface area contributed by atoms with Crippen LogP contribution in [0.15, 0.2) is 23.8 Å². The molecule has 0 amide bonds. The molecule has 0 aromatic heterocycles. The lowest BCUT2D eigenvalue weighted by Gasteiger charge is -1.95. The minimum Gasteiger partial charge on any atom is -0.300 e. The zero-order chi connectivity index (χ0) is 8.15. The topological polar surface area (TPSA) is 17.1 Å². The SMILES string of the molecule is C=C(C)C(C)=CCC(C)=O. The summed E-state index contributed by atoms with van der Waals surface area (Å²) in [5.41, 5.74) is 2.14. The molecule has 0 aromatic carbocycles. The fourth-order valence-corrected chi connectivity index (χ4v) is 0.471. The summed E-state index contributed by atoms with van der Waals surface area (Å²) in [5, 5.41) is 0. The molecule has 1 heteroatoms. The maximum absolute atomic E-state index is 10.5. The van der Waals surface area contributed by atoms with E-state index < -0.39 is 0 Å². The number of Topliss-reactive ketones (excluding diaryl/α,β-unsaturated/α-hetero) is 1. The molecule has 0 aliphatic carbocycles. The van der Waals surface area contributed by atoms with Gasteiger partial charge in [-0.25, -0.2) is 0 Å². The normalized spacial score (nSPS) is 11.3. The smallest absolute Gasteiger partial charge is 0.133 e. The maximum Gasteiger partial charge on any atom is 0.133 e. The molecule has 0 rings (SSSR count). The molecule has 0 heterocycles. The van der Waals surface area contributed by atoms with Crippen LogP contribution in [0.3, 0.4) is 0 Å². The van der Waals surface area contributed by atoms with Gasteiger partial charge < -0.3 is 0 Å². The molecule has 0 aliphatic rings. The first-order valence-corrected chi connectivity index (χ1v) is 3.36. The summed E-state index contributed by atoms with van der Waals surface area (Å²) in [7, 11) is 0. The van der Waals surface area contributed by atoms with Crippen molar-refractivity contribution in [2.24, 2.45) is 0 Å². The van der Waals surface area contributed by atoms with Gasteiger partial charge in [-0.2, -0.15) is 0 Å². The van der Waals surface area contributed by atoms with E-state index >= 15 is 0 Å². The van der Waals surface area contributed by atoms with Crippen LogP contribution in [0.4, 0.5) is 0 Å². The Morgan fingerprint density at radius 3 is 2.20 bits per heavy atom. The highest BCUT2D eigenvalue weighted by Gasteiger charge is 1.90. The molecule has 0 aromatic rings. The third-order valence-corrected chi connectivity index (χ3v) is 1.37. The summed E-state index contributed by atoms with van der Waals surface area (Å²) >= 11 is 0. The second kappa shape index (κ2) is 4.04. The molecule has 0 N–H and O–H groups in total. The molecule has 0 spiro atoms. The molecule has 0 atom stereocenters. The third kappa shape index (κ3) is 4.07. The van der Waals surface area contributed by atoms with Crippen molar-refractivity contribution in [3.63, 3.8) is 0 Å². The van der Waals surface area contributed by atoms with E-state index in [2.05, 4.69) is 6.58 Å². The second-order valence-corrected chi connectivity index (χ2v) is 2.57. The Balaban J connectivity index is 3.92. The van der Waals surface area contributed by atoms with Gasteiger partial charge in [0.1, 0.15) is 5.78 Å². The van der Waals surface area contributed by atoms with Crippen molar-refractivity contribution in [1.29, 1.82) is 0 Å². The largest absolute Gasteiger partial charge is 0.300 e. The first-order chi connectivity index (χ1) is 4.54. The standard InChI is InChI=1S/C9H14O/c1-7(2)8(3)5-6-9(4)10/h5H,1,6H2,2-4H3. The Hall–Kier alpha value is -0.850. The van der Waals surface area contributed by atoms with Crippen LogP contribution in [0.1, 0.15) is 27.2 Å². The minimum absolute atomic E-state index is 0.195. The van der Waals surface area contributed by atoms with Crippen molar-refractivity contribution in [2.75, 3.05) is 0 Å². The van der Waals surface area contributed by atoms with Gasteiger partial charge in [-0.15, -0.1) is 0 Å². The number of ketones is 1. The summed E-state index contributed by atoms with van der Waals surface area (Å²) in [6.45, 7) is 9.24.